The zero-order valence-electron chi connectivity index (χ0n) is 13.0. The molecule has 0 aliphatic heterocycles. The van der Waals surface area contributed by atoms with Crippen LogP contribution in [0.1, 0.15) is 76.2 Å². The van der Waals surface area contributed by atoms with Gasteiger partial charge in [0, 0.05) is 4.47 Å². The Morgan fingerprint density at radius 2 is 1.62 bits per heavy atom. The quantitative estimate of drug-likeness (QED) is 0.484. The molecule has 0 amide bonds. The second-order valence-corrected chi connectivity index (χ2v) is 6.53. The van der Waals surface area contributed by atoms with Crippen molar-refractivity contribution >= 4 is 21.9 Å². The van der Waals surface area contributed by atoms with E-state index in [1.165, 1.54) is 38.5 Å². The maximum absolute atomic E-state index is 11.5. The number of hydrogen-bond donors (Lipinski definition) is 1. The zero-order valence-corrected chi connectivity index (χ0v) is 14.6. The van der Waals surface area contributed by atoms with Crippen molar-refractivity contribution in [2.75, 3.05) is 0 Å². The normalized spacial score (nSPS) is 12.3. The van der Waals surface area contributed by atoms with Crippen molar-refractivity contribution in [2.24, 2.45) is 0 Å². The van der Waals surface area contributed by atoms with Crippen molar-refractivity contribution in [3.8, 4) is 0 Å². The first-order valence-electron chi connectivity index (χ1n) is 8.14. The summed E-state index contributed by atoms with van der Waals surface area (Å²) < 4.78 is 0.900. The molecule has 0 spiro atoms. The number of halogens is 1. The minimum atomic E-state index is -0.718. The standard InChI is InChI=1S/C18H27BrO2/c1-2-3-4-5-6-7-8-9-13-16(18(20)21)15-12-10-11-14-17(15)19/h10-12,14,16H,2-9,13H2,1H3,(H,20,21). The molecule has 3 heteroatoms. The molecule has 0 radical (unpaired) electrons. The summed E-state index contributed by atoms with van der Waals surface area (Å²) in [7, 11) is 0. The number of benzene rings is 1. The second kappa shape index (κ2) is 10.8. The summed E-state index contributed by atoms with van der Waals surface area (Å²) in [5.41, 5.74) is 0.896. The largest absolute Gasteiger partial charge is 0.481 e. The molecule has 0 aromatic heterocycles. The molecular weight excluding hydrogens is 328 g/mol. The van der Waals surface area contributed by atoms with E-state index >= 15 is 0 Å². The molecular formula is C18H27BrO2. The predicted octanol–water partition coefficient (Wildman–Crippen LogP) is 6.15. The van der Waals surface area contributed by atoms with Crippen LogP contribution in [-0.4, -0.2) is 11.1 Å². The first-order valence-corrected chi connectivity index (χ1v) is 8.93. The van der Waals surface area contributed by atoms with E-state index in [4.69, 9.17) is 0 Å². The van der Waals surface area contributed by atoms with Crippen LogP contribution in [0.15, 0.2) is 28.7 Å². The lowest BCUT2D eigenvalue weighted by molar-refractivity contribution is -0.139. The van der Waals surface area contributed by atoms with Gasteiger partial charge in [0.1, 0.15) is 0 Å². The lowest BCUT2D eigenvalue weighted by Gasteiger charge is -2.14. The van der Waals surface area contributed by atoms with E-state index in [9.17, 15) is 9.90 Å². The van der Waals surface area contributed by atoms with E-state index in [0.29, 0.717) is 0 Å². The van der Waals surface area contributed by atoms with E-state index in [1.54, 1.807) is 0 Å². The first kappa shape index (κ1) is 18.2. The second-order valence-electron chi connectivity index (χ2n) is 5.68. The highest BCUT2D eigenvalue weighted by molar-refractivity contribution is 9.10. The fourth-order valence-corrected chi connectivity index (χ4v) is 3.21. The van der Waals surface area contributed by atoms with Gasteiger partial charge in [-0.25, -0.2) is 0 Å². The number of unbranched alkanes of at least 4 members (excludes halogenated alkanes) is 7. The molecule has 0 saturated carbocycles. The van der Waals surface area contributed by atoms with Gasteiger partial charge in [0.2, 0.25) is 0 Å². The highest BCUT2D eigenvalue weighted by atomic mass is 79.9. The predicted molar refractivity (Wildman–Crippen MR) is 91.7 cm³/mol. The molecule has 1 aromatic carbocycles. The molecule has 2 nitrogen and oxygen atoms in total. The van der Waals surface area contributed by atoms with Crippen LogP contribution in [-0.2, 0) is 4.79 Å². The van der Waals surface area contributed by atoms with Crippen LogP contribution in [0.4, 0.5) is 0 Å². The maximum Gasteiger partial charge on any atom is 0.311 e. The van der Waals surface area contributed by atoms with Crippen LogP contribution in [0, 0.1) is 0 Å². The topological polar surface area (TPSA) is 37.3 Å². The van der Waals surface area contributed by atoms with Crippen LogP contribution in [0.3, 0.4) is 0 Å². The minimum Gasteiger partial charge on any atom is -0.481 e. The highest BCUT2D eigenvalue weighted by Crippen LogP contribution is 2.29. The van der Waals surface area contributed by atoms with Crippen molar-refractivity contribution in [2.45, 2.75) is 70.6 Å². The molecule has 1 N–H and O–H groups in total. The average molecular weight is 355 g/mol. The fraction of sp³-hybridized carbons (Fsp3) is 0.611. The molecule has 1 unspecified atom stereocenters. The average Bonchev–Trinajstić information content (AvgIpc) is 2.46. The van der Waals surface area contributed by atoms with Gasteiger partial charge < -0.3 is 5.11 Å². The van der Waals surface area contributed by atoms with Crippen molar-refractivity contribution in [1.29, 1.82) is 0 Å². The Bertz CT molecular complexity index is 417. The molecule has 1 rings (SSSR count). The smallest absolute Gasteiger partial charge is 0.311 e. The Hall–Kier alpha value is -0.830. The minimum absolute atomic E-state index is 0.388. The van der Waals surface area contributed by atoms with E-state index in [2.05, 4.69) is 22.9 Å². The van der Waals surface area contributed by atoms with Crippen LogP contribution in [0.25, 0.3) is 0 Å². The summed E-state index contributed by atoms with van der Waals surface area (Å²) in [4.78, 5) is 11.5. The third-order valence-electron chi connectivity index (χ3n) is 3.93. The third-order valence-corrected chi connectivity index (χ3v) is 4.65. The van der Waals surface area contributed by atoms with Crippen LogP contribution < -0.4 is 0 Å². The Morgan fingerprint density at radius 1 is 1.05 bits per heavy atom. The molecule has 1 aromatic rings. The summed E-state index contributed by atoms with van der Waals surface area (Å²) in [5.74, 6) is -1.11. The van der Waals surface area contributed by atoms with Gasteiger partial charge in [-0.15, -0.1) is 0 Å². The summed E-state index contributed by atoms with van der Waals surface area (Å²) >= 11 is 3.46. The lowest BCUT2D eigenvalue weighted by atomic mass is 9.93. The van der Waals surface area contributed by atoms with Crippen LogP contribution in [0.5, 0.6) is 0 Å². The Morgan fingerprint density at radius 3 is 2.19 bits per heavy atom. The van der Waals surface area contributed by atoms with Gasteiger partial charge in [0.05, 0.1) is 5.92 Å². The number of aliphatic carboxylic acids is 1. The van der Waals surface area contributed by atoms with Gasteiger partial charge >= 0.3 is 5.97 Å². The number of carboxylic acid groups (broad SMARTS) is 1. The summed E-state index contributed by atoms with van der Waals surface area (Å²) in [5, 5.41) is 9.43. The molecule has 0 heterocycles. The Balaban J connectivity index is 2.30. The zero-order chi connectivity index (χ0) is 15.5. The van der Waals surface area contributed by atoms with E-state index < -0.39 is 5.97 Å². The van der Waals surface area contributed by atoms with Crippen molar-refractivity contribution in [3.63, 3.8) is 0 Å². The number of hydrogen-bond acceptors (Lipinski definition) is 1. The number of carbonyl (C=O) groups is 1. The lowest BCUT2D eigenvalue weighted by Crippen LogP contribution is -2.12. The Labute approximate surface area is 137 Å². The van der Waals surface area contributed by atoms with Gasteiger partial charge in [-0.2, -0.15) is 0 Å². The van der Waals surface area contributed by atoms with Crippen LogP contribution >= 0.6 is 15.9 Å². The molecule has 21 heavy (non-hydrogen) atoms. The summed E-state index contributed by atoms with van der Waals surface area (Å²) in [6.45, 7) is 2.23. The molecule has 118 valence electrons. The van der Waals surface area contributed by atoms with Gasteiger partial charge in [-0.05, 0) is 18.1 Å². The molecule has 1 atom stereocenters. The molecule has 0 aliphatic carbocycles. The SMILES string of the molecule is CCCCCCCCCCC(C(=O)O)c1ccccc1Br. The molecule has 0 bridgehead atoms. The monoisotopic (exact) mass is 354 g/mol. The number of carboxylic acids is 1. The van der Waals surface area contributed by atoms with Crippen molar-refractivity contribution < 1.29 is 9.90 Å². The van der Waals surface area contributed by atoms with E-state index in [1.807, 2.05) is 24.3 Å². The summed E-state index contributed by atoms with van der Waals surface area (Å²) in [6.07, 6.45) is 10.7. The van der Waals surface area contributed by atoms with Gasteiger partial charge in [-0.1, -0.05) is 92.4 Å². The van der Waals surface area contributed by atoms with E-state index in [-0.39, 0.29) is 5.92 Å². The number of rotatable bonds is 11. The maximum atomic E-state index is 11.5. The van der Waals surface area contributed by atoms with E-state index in [0.717, 1.165) is 29.3 Å². The highest BCUT2D eigenvalue weighted by Gasteiger charge is 2.21. The van der Waals surface area contributed by atoms with Crippen molar-refractivity contribution in [3.05, 3.63) is 34.3 Å². The molecule has 0 saturated heterocycles. The van der Waals surface area contributed by atoms with Crippen LogP contribution in [0.2, 0.25) is 0 Å². The fourth-order valence-electron chi connectivity index (χ4n) is 2.65. The summed E-state index contributed by atoms with van der Waals surface area (Å²) in [6, 6.07) is 7.65. The third kappa shape index (κ3) is 7.12. The molecule has 0 aliphatic rings. The molecule has 0 fully saturated rings. The van der Waals surface area contributed by atoms with Gasteiger partial charge in [-0.3, -0.25) is 4.79 Å². The Kier molecular flexibility index (Phi) is 9.40. The van der Waals surface area contributed by atoms with Gasteiger partial charge in [0.25, 0.3) is 0 Å². The van der Waals surface area contributed by atoms with Crippen molar-refractivity contribution in [1.82, 2.24) is 0 Å². The van der Waals surface area contributed by atoms with Gasteiger partial charge in [0.15, 0.2) is 0 Å². The first-order chi connectivity index (χ1) is 10.2.